The Morgan fingerprint density at radius 1 is 0.974 bits per heavy atom. The number of carboxylic acids is 1. The highest BCUT2D eigenvalue weighted by Gasteiger charge is 2.27. The largest absolute Gasteiger partial charge is 0.489 e. The maximum atomic E-state index is 13.2. The van der Waals surface area contributed by atoms with Gasteiger partial charge in [0.05, 0.1) is 12.2 Å². The van der Waals surface area contributed by atoms with E-state index in [1.807, 2.05) is 41.3 Å². The SMILES string of the molecule is CCCCOC(=O)N(C/C(=C\c1ccc(C(=O)O)cc1)COc1cccc2ccccc12)C1CCCCC1. The van der Waals surface area contributed by atoms with Gasteiger partial charge in [0.25, 0.3) is 0 Å². The number of nitrogens with zero attached hydrogens (tertiary/aromatic N) is 1. The lowest BCUT2D eigenvalue weighted by molar-refractivity contribution is 0.0696. The first-order chi connectivity index (χ1) is 18.5. The van der Waals surface area contributed by atoms with E-state index in [9.17, 15) is 14.7 Å². The van der Waals surface area contributed by atoms with Crippen LogP contribution in [0.15, 0.2) is 72.3 Å². The molecule has 38 heavy (non-hydrogen) atoms. The lowest BCUT2D eigenvalue weighted by atomic mass is 9.94. The fraction of sp³-hybridized carbons (Fsp3) is 0.375. The predicted molar refractivity (Wildman–Crippen MR) is 151 cm³/mol. The Hall–Kier alpha value is -3.80. The van der Waals surface area contributed by atoms with Crippen molar-refractivity contribution in [3.63, 3.8) is 0 Å². The summed E-state index contributed by atoms with van der Waals surface area (Å²) >= 11 is 0. The van der Waals surface area contributed by atoms with E-state index in [4.69, 9.17) is 9.47 Å². The molecule has 1 aliphatic carbocycles. The molecule has 6 nitrogen and oxygen atoms in total. The summed E-state index contributed by atoms with van der Waals surface area (Å²) in [6, 6.07) is 21.0. The van der Waals surface area contributed by atoms with Gasteiger partial charge in [0, 0.05) is 18.0 Å². The second-order valence-electron chi connectivity index (χ2n) is 9.88. The number of carbonyl (C=O) groups excluding carboxylic acids is 1. The van der Waals surface area contributed by atoms with Gasteiger partial charge in [0.15, 0.2) is 0 Å². The van der Waals surface area contributed by atoms with Crippen molar-refractivity contribution in [1.82, 2.24) is 4.90 Å². The minimum Gasteiger partial charge on any atom is -0.489 e. The summed E-state index contributed by atoms with van der Waals surface area (Å²) in [5.74, 6) is -0.177. The minimum atomic E-state index is -0.960. The zero-order valence-electron chi connectivity index (χ0n) is 22.1. The van der Waals surface area contributed by atoms with Crippen LogP contribution < -0.4 is 4.74 Å². The molecule has 0 atom stereocenters. The number of hydrogen-bond acceptors (Lipinski definition) is 4. The molecule has 1 amide bonds. The van der Waals surface area contributed by atoms with Gasteiger partial charge in [-0.2, -0.15) is 0 Å². The van der Waals surface area contributed by atoms with E-state index in [-0.39, 0.29) is 17.7 Å². The number of amides is 1. The van der Waals surface area contributed by atoms with Gasteiger partial charge in [-0.3, -0.25) is 0 Å². The van der Waals surface area contributed by atoms with Crippen LogP contribution in [-0.4, -0.2) is 47.9 Å². The molecule has 3 aromatic carbocycles. The molecule has 1 aliphatic rings. The molecule has 0 aliphatic heterocycles. The van der Waals surface area contributed by atoms with Crippen molar-refractivity contribution in [3.8, 4) is 5.75 Å². The topological polar surface area (TPSA) is 76.1 Å². The number of hydrogen-bond donors (Lipinski definition) is 1. The Kier molecular flexibility index (Phi) is 9.79. The number of unbranched alkanes of at least 4 members (excludes halogenated alkanes) is 1. The highest BCUT2D eigenvalue weighted by atomic mass is 16.6. The molecule has 0 saturated heterocycles. The first-order valence-corrected chi connectivity index (χ1v) is 13.6. The number of carboxylic acid groups (broad SMARTS) is 1. The van der Waals surface area contributed by atoms with E-state index in [1.54, 1.807) is 24.3 Å². The molecule has 0 heterocycles. The minimum absolute atomic E-state index is 0.133. The van der Waals surface area contributed by atoms with E-state index in [0.717, 1.165) is 66.2 Å². The maximum Gasteiger partial charge on any atom is 0.410 e. The maximum absolute atomic E-state index is 13.2. The van der Waals surface area contributed by atoms with Crippen molar-refractivity contribution < 1.29 is 24.2 Å². The Morgan fingerprint density at radius 3 is 2.45 bits per heavy atom. The number of carbonyl (C=O) groups is 2. The number of benzene rings is 3. The molecule has 0 bridgehead atoms. The van der Waals surface area contributed by atoms with Crippen LogP contribution in [0.5, 0.6) is 5.75 Å². The average molecular weight is 516 g/mol. The van der Waals surface area contributed by atoms with Gasteiger partial charge in [-0.25, -0.2) is 9.59 Å². The van der Waals surface area contributed by atoms with Gasteiger partial charge in [0.2, 0.25) is 0 Å². The molecule has 0 aromatic heterocycles. The van der Waals surface area contributed by atoms with E-state index in [1.165, 1.54) is 6.42 Å². The van der Waals surface area contributed by atoms with Crippen molar-refractivity contribution in [2.75, 3.05) is 19.8 Å². The summed E-state index contributed by atoms with van der Waals surface area (Å²) < 4.78 is 12.0. The lowest BCUT2D eigenvalue weighted by Gasteiger charge is -2.34. The fourth-order valence-corrected chi connectivity index (χ4v) is 4.92. The normalized spacial score (nSPS) is 14.3. The number of ether oxygens (including phenoxy) is 2. The third-order valence-electron chi connectivity index (χ3n) is 7.04. The summed E-state index contributed by atoms with van der Waals surface area (Å²) in [5.41, 5.74) is 2.01. The Morgan fingerprint density at radius 2 is 1.71 bits per heavy atom. The van der Waals surface area contributed by atoms with Crippen LogP contribution in [0.4, 0.5) is 4.79 Å². The Labute approximate surface area is 224 Å². The van der Waals surface area contributed by atoms with Crippen LogP contribution >= 0.6 is 0 Å². The van der Waals surface area contributed by atoms with E-state index in [0.29, 0.717) is 19.8 Å². The molecule has 4 rings (SSSR count). The summed E-state index contributed by atoms with van der Waals surface area (Å²) in [6.07, 6.45) is 8.85. The molecule has 1 saturated carbocycles. The zero-order valence-corrected chi connectivity index (χ0v) is 22.1. The second-order valence-corrected chi connectivity index (χ2v) is 9.88. The third-order valence-corrected chi connectivity index (χ3v) is 7.04. The first-order valence-electron chi connectivity index (χ1n) is 13.6. The lowest BCUT2D eigenvalue weighted by Crippen LogP contribution is -2.43. The van der Waals surface area contributed by atoms with Gasteiger partial charge >= 0.3 is 12.1 Å². The summed E-state index contributed by atoms with van der Waals surface area (Å²) in [7, 11) is 0. The summed E-state index contributed by atoms with van der Waals surface area (Å²) in [6.45, 7) is 3.18. The smallest absolute Gasteiger partial charge is 0.410 e. The molecule has 200 valence electrons. The molecule has 0 unspecified atom stereocenters. The fourth-order valence-electron chi connectivity index (χ4n) is 4.92. The quantitative estimate of drug-likeness (QED) is 0.267. The molecule has 3 aromatic rings. The van der Waals surface area contributed by atoms with E-state index >= 15 is 0 Å². The van der Waals surface area contributed by atoms with Crippen LogP contribution in [0.2, 0.25) is 0 Å². The van der Waals surface area contributed by atoms with Gasteiger partial charge in [0.1, 0.15) is 12.4 Å². The van der Waals surface area contributed by atoms with Crippen LogP contribution in [-0.2, 0) is 4.74 Å². The standard InChI is InChI=1S/C32H37NO5/c1-2-3-20-37-32(36)33(28-12-5-4-6-13-28)22-25(21-24-16-18-27(19-17-24)31(34)35)23-38-30-15-9-11-26-10-7-8-14-29(26)30/h7-11,14-19,21,28H,2-6,12-13,20,22-23H2,1H3,(H,34,35)/b25-21+. The van der Waals surface area contributed by atoms with Crippen molar-refractivity contribution in [2.24, 2.45) is 0 Å². The number of rotatable bonds is 11. The Balaban J connectivity index is 1.61. The van der Waals surface area contributed by atoms with Gasteiger partial charge in [-0.1, -0.05) is 87.2 Å². The molecule has 1 N–H and O–H groups in total. The van der Waals surface area contributed by atoms with Crippen molar-refractivity contribution >= 4 is 28.9 Å². The number of fused-ring (bicyclic) bond motifs is 1. The van der Waals surface area contributed by atoms with Gasteiger partial charge in [-0.05, 0) is 54.0 Å². The third kappa shape index (κ3) is 7.37. The van der Waals surface area contributed by atoms with Crippen molar-refractivity contribution in [1.29, 1.82) is 0 Å². The summed E-state index contributed by atoms with van der Waals surface area (Å²) in [5, 5.41) is 11.4. The van der Waals surface area contributed by atoms with Gasteiger partial charge < -0.3 is 19.5 Å². The van der Waals surface area contributed by atoms with Gasteiger partial charge in [-0.15, -0.1) is 0 Å². The number of aromatic carboxylic acids is 1. The highest BCUT2D eigenvalue weighted by Crippen LogP contribution is 2.27. The monoisotopic (exact) mass is 515 g/mol. The molecular weight excluding hydrogens is 478 g/mol. The van der Waals surface area contributed by atoms with Crippen LogP contribution in [0.1, 0.15) is 67.8 Å². The molecule has 6 heteroatoms. The zero-order chi connectivity index (χ0) is 26.7. The molecule has 0 radical (unpaired) electrons. The second kappa shape index (κ2) is 13.7. The first kappa shape index (κ1) is 27.2. The highest BCUT2D eigenvalue weighted by molar-refractivity contribution is 5.88. The average Bonchev–Trinajstić information content (AvgIpc) is 2.95. The van der Waals surface area contributed by atoms with E-state index in [2.05, 4.69) is 19.1 Å². The predicted octanol–water partition coefficient (Wildman–Crippen LogP) is 7.57. The molecular formula is C32H37NO5. The van der Waals surface area contributed by atoms with Crippen LogP contribution in [0.3, 0.4) is 0 Å². The van der Waals surface area contributed by atoms with E-state index < -0.39 is 5.97 Å². The molecule has 0 spiro atoms. The van der Waals surface area contributed by atoms with Crippen LogP contribution in [0.25, 0.3) is 16.8 Å². The Bertz CT molecular complexity index is 1240. The van der Waals surface area contributed by atoms with Crippen molar-refractivity contribution in [3.05, 3.63) is 83.4 Å². The van der Waals surface area contributed by atoms with Crippen molar-refractivity contribution in [2.45, 2.75) is 57.9 Å². The summed E-state index contributed by atoms with van der Waals surface area (Å²) in [4.78, 5) is 26.4. The van der Waals surface area contributed by atoms with Crippen LogP contribution in [0, 0.1) is 0 Å². The molecule has 1 fully saturated rings.